The molecule has 0 fully saturated rings. The zero-order valence-electron chi connectivity index (χ0n) is 13.5. The van der Waals surface area contributed by atoms with Crippen molar-refractivity contribution in [2.45, 2.75) is 26.4 Å². The maximum atomic E-state index is 13.9. The van der Waals surface area contributed by atoms with E-state index >= 15 is 0 Å². The second kappa shape index (κ2) is 7.07. The highest BCUT2D eigenvalue weighted by Gasteiger charge is 2.23. The first-order valence-corrected chi connectivity index (χ1v) is 7.17. The van der Waals surface area contributed by atoms with Crippen LogP contribution in [0.15, 0.2) is 30.5 Å². The quantitative estimate of drug-likeness (QED) is 0.597. The Hall–Kier alpha value is -2.97. The minimum Gasteiger partial charge on any atom is -0.494 e. The Morgan fingerprint density at radius 2 is 2.17 bits per heavy atom. The van der Waals surface area contributed by atoms with Gasteiger partial charge in [-0.1, -0.05) is 0 Å². The van der Waals surface area contributed by atoms with Crippen LogP contribution in [0.2, 0.25) is 0 Å². The SMILES string of the molecule is COc1ccc(N(C(=O)Cn2ccc([N+](=O)[O-])n2)C(C)C)cc1F. The number of halogens is 1. The lowest BCUT2D eigenvalue weighted by Crippen LogP contribution is -2.39. The van der Waals surface area contributed by atoms with E-state index in [4.69, 9.17) is 4.74 Å². The third-order valence-electron chi connectivity index (χ3n) is 3.31. The summed E-state index contributed by atoms with van der Waals surface area (Å²) in [5.41, 5.74) is 0.370. The topological polar surface area (TPSA) is 90.5 Å². The predicted octanol–water partition coefficient (Wildman–Crippen LogP) is 2.38. The van der Waals surface area contributed by atoms with Crippen molar-refractivity contribution >= 4 is 17.4 Å². The lowest BCUT2D eigenvalue weighted by molar-refractivity contribution is -0.389. The number of aromatic nitrogens is 2. The van der Waals surface area contributed by atoms with Gasteiger partial charge in [-0.2, -0.15) is 4.68 Å². The number of ether oxygens (including phenoxy) is 1. The standard InChI is InChI=1S/C15H17FN4O4/c1-10(2)19(11-4-5-13(24-3)12(16)8-11)15(21)9-18-7-6-14(17-18)20(22)23/h4-8,10H,9H2,1-3H3. The Kier molecular flexibility index (Phi) is 5.12. The van der Waals surface area contributed by atoms with Crippen LogP contribution >= 0.6 is 0 Å². The number of hydrogen-bond donors (Lipinski definition) is 0. The number of nitrogens with zero attached hydrogens (tertiary/aromatic N) is 4. The molecule has 0 aliphatic rings. The van der Waals surface area contributed by atoms with Crippen molar-refractivity contribution in [1.29, 1.82) is 0 Å². The molecule has 0 spiro atoms. The molecular formula is C15H17FN4O4. The Bertz CT molecular complexity index is 760. The van der Waals surface area contributed by atoms with Crippen molar-refractivity contribution in [1.82, 2.24) is 9.78 Å². The highest BCUT2D eigenvalue weighted by atomic mass is 19.1. The average Bonchev–Trinajstić information content (AvgIpc) is 2.96. The number of nitro groups is 1. The normalized spacial score (nSPS) is 10.7. The molecule has 0 saturated heterocycles. The largest absolute Gasteiger partial charge is 0.494 e. The molecule has 0 radical (unpaired) electrons. The monoisotopic (exact) mass is 336 g/mol. The summed E-state index contributed by atoms with van der Waals surface area (Å²) in [4.78, 5) is 23.9. The van der Waals surface area contributed by atoms with E-state index in [1.165, 1.54) is 41.1 Å². The van der Waals surface area contributed by atoms with Gasteiger partial charge in [-0.05, 0) is 30.9 Å². The van der Waals surface area contributed by atoms with Crippen LogP contribution < -0.4 is 9.64 Å². The van der Waals surface area contributed by atoms with Gasteiger partial charge >= 0.3 is 5.82 Å². The molecule has 1 heterocycles. The van der Waals surface area contributed by atoms with Gasteiger partial charge in [0.25, 0.3) is 5.91 Å². The van der Waals surface area contributed by atoms with E-state index in [-0.39, 0.29) is 30.1 Å². The molecule has 2 rings (SSSR count). The van der Waals surface area contributed by atoms with Crippen LogP contribution in [0.5, 0.6) is 5.75 Å². The fourth-order valence-corrected chi connectivity index (χ4v) is 2.29. The van der Waals surface area contributed by atoms with E-state index in [0.29, 0.717) is 5.69 Å². The van der Waals surface area contributed by atoms with E-state index in [2.05, 4.69) is 5.10 Å². The molecule has 2 aromatic rings. The fraction of sp³-hybridized carbons (Fsp3) is 0.333. The number of carbonyl (C=O) groups excluding carboxylic acids is 1. The third kappa shape index (κ3) is 3.67. The number of carbonyl (C=O) groups is 1. The number of anilines is 1. The van der Waals surface area contributed by atoms with Crippen molar-refractivity contribution < 1.29 is 18.8 Å². The van der Waals surface area contributed by atoms with Gasteiger partial charge in [-0.25, -0.2) is 4.39 Å². The fourth-order valence-electron chi connectivity index (χ4n) is 2.29. The van der Waals surface area contributed by atoms with Gasteiger partial charge < -0.3 is 19.8 Å². The molecule has 0 atom stereocenters. The summed E-state index contributed by atoms with van der Waals surface area (Å²) in [7, 11) is 1.36. The molecule has 0 bridgehead atoms. The molecule has 0 N–H and O–H groups in total. The summed E-state index contributed by atoms with van der Waals surface area (Å²) in [6.45, 7) is 3.37. The highest BCUT2D eigenvalue weighted by Crippen LogP contribution is 2.25. The first-order valence-electron chi connectivity index (χ1n) is 7.17. The molecule has 128 valence electrons. The molecule has 0 unspecified atom stereocenters. The number of rotatable bonds is 6. The first kappa shape index (κ1) is 17.4. The molecule has 1 aromatic heterocycles. The number of methoxy groups -OCH3 is 1. The summed E-state index contributed by atoms with van der Waals surface area (Å²) < 4.78 is 19.9. The van der Waals surface area contributed by atoms with Crippen LogP contribution in [-0.4, -0.2) is 33.8 Å². The third-order valence-corrected chi connectivity index (χ3v) is 3.31. The molecule has 0 aliphatic heterocycles. The Morgan fingerprint density at radius 3 is 2.67 bits per heavy atom. The van der Waals surface area contributed by atoms with E-state index < -0.39 is 10.7 Å². The zero-order chi connectivity index (χ0) is 17.9. The minimum absolute atomic E-state index is 0.0811. The summed E-state index contributed by atoms with van der Waals surface area (Å²) >= 11 is 0. The molecule has 1 amide bonds. The van der Waals surface area contributed by atoms with Crippen molar-refractivity contribution in [3.8, 4) is 5.75 Å². The summed E-state index contributed by atoms with van der Waals surface area (Å²) in [5.74, 6) is -1.21. The molecular weight excluding hydrogens is 319 g/mol. The van der Waals surface area contributed by atoms with Crippen LogP contribution in [0.3, 0.4) is 0 Å². The van der Waals surface area contributed by atoms with Gasteiger partial charge in [-0.3, -0.25) is 4.79 Å². The molecule has 8 nitrogen and oxygen atoms in total. The number of benzene rings is 1. The highest BCUT2D eigenvalue weighted by molar-refractivity contribution is 5.93. The average molecular weight is 336 g/mol. The molecule has 0 aliphatic carbocycles. The lowest BCUT2D eigenvalue weighted by atomic mass is 10.2. The number of amides is 1. The van der Waals surface area contributed by atoms with E-state index in [1.807, 2.05) is 0 Å². The van der Waals surface area contributed by atoms with Crippen LogP contribution in [0.25, 0.3) is 0 Å². The maximum Gasteiger partial charge on any atom is 0.389 e. The van der Waals surface area contributed by atoms with E-state index in [0.717, 1.165) is 0 Å². The van der Waals surface area contributed by atoms with E-state index in [9.17, 15) is 19.3 Å². The summed E-state index contributed by atoms with van der Waals surface area (Å²) in [6, 6.07) is 5.19. The molecule has 9 heteroatoms. The van der Waals surface area contributed by atoms with Crippen molar-refractivity contribution in [3.63, 3.8) is 0 Å². The second-order valence-electron chi connectivity index (χ2n) is 5.30. The van der Waals surface area contributed by atoms with Crippen molar-refractivity contribution in [2.75, 3.05) is 12.0 Å². The summed E-state index contributed by atoms with van der Waals surface area (Å²) in [6.07, 6.45) is 1.35. The van der Waals surface area contributed by atoms with Gasteiger partial charge in [0, 0.05) is 17.8 Å². The first-order chi connectivity index (χ1) is 11.3. The van der Waals surface area contributed by atoms with Crippen LogP contribution in [-0.2, 0) is 11.3 Å². The summed E-state index contributed by atoms with van der Waals surface area (Å²) in [5, 5.41) is 14.3. The van der Waals surface area contributed by atoms with Crippen LogP contribution in [0.4, 0.5) is 15.9 Å². The Morgan fingerprint density at radius 1 is 1.46 bits per heavy atom. The molecule has 24 heavy (non-hydrogen) atoms. The Balaban J connectivity index is 2.24. The van der Waals surface area contributed by atoms with Gasteiger partial charge in [0.05, 0.1) is 24.5 Å². The second-order valence-corrected chi connectivity index (χ2v) is 5.30. The van der Waals surface area contributed by atoms with Gasteiger partial charge in [0.15, 0.2) is 11.6 Å². The Labute approximate surface area is 137 Å². The number of hydrogen-bond acceptors (Lipinski definition) is 5. The van der Waals surface area contributed by atoms with E-state index in [1.54, 1.807) is 19.9 Å². The molecule has 1 aromatic carbocycles. The van der Waals surface area contributed by atoms with Gasteiger partial charge in [0.2, 0.25) is 0 Å². The predicted molar refractivity (Wildman–Crippen MR) is 84.5 cm³/mol. The van der Waals surface area contributed by atoms with Crippen molar-refractivity contribution in [3.05, 3.63) is 46.4 Å². The van der Waals surface area contributed by atoms with Gasteiger partial charge in [-0.15, -0.1) is 0 Å². The van der Waals surface area contributed by atoms with Crippen LogP contribution in [0.1, 0.15) is 13.8 Å². The van der Waals surface area contributed by atoms with Gasteiger partial charge in [0.1, 0.15) is 6.54 Å². The molecule has 0 saturated carbocycles. The van der Waals surface area contributed by atoms with Crippen molar-refractivity contribution in [2.24, 2.45) is 0 Å². The lowest BCUT2D eigenvalue weighted by Gasteiger charge is -2.26. The maximum absolute atomic E-state index is 13.9. The zero-order valence-corrected chi connectivity index (χ0v) is 13.5. The smallest absolute Gasteiger partial charge is 0.389 e. The minimum atomic E-state index is -0.639. The van der Waals surface area contributed by atoms with Crippen LogP contribution in [0, 0.1) is 15.9 Å².